The van der Waals surface area contributed by atoms with Gasteiger partial charge in [-0.25, -0.2) is 0 Å². The van der Waals surface area contributed by atoms with Gasteiger partial charge in [0.1, 0.15) is 5.56 Å². The number of ether oxygens (including phenoxy) is 1. The third-order valence-electron chi connectivity index (χ3n) is 1.57. The van der Waals surface area contributed by atoms with Crippen molar-refractivity contribution in [1.29, 1.82) is 0 Å². The smallest absolute Gasteiger partial charge is 0.387 e. The van der Waals surface area contributed by atoms with Crippen LogP contribution in [0.1, 0.15) is 5.56 Å². The molecule has 1 aromatic heterocycles. The summed E-state index contributed by atoms with van der Waals surface area (Å²) in [4.78, 5) is 12.2. The summed E-state index contributed by atoms with van der Waals surface area (Å²) in [6, 6.07) is 0.362. The van der Waals surface area contributed by atoms with Crippen molar-refractivity contribution in [3.8, 4) is 5.88 Å². The van der Waals surface area contributed by atoms with E-state index >= 15 is 0 Å². The number of hydrogen-bond donors (Lipinski definition) is 0. The quantitative estimate of drug-likeness (QED) is 0.279. The molecule has 10 heteroatoms. The third kappa shape index (κ3) is 3.41. The first-order chi connectivity index (χ1) is 7.74. The van der Waals surface area contributed by atoms with Crippen molar-refractivity contribution in [2.45, 2.75) is 12.2 Å². The number of halogens is 5. The van der Waals surface area contributed by atoms with Crippen molar-refractivity contribution >= 4 is 17.3 Å². The molecule has 0 spiro atoms. The maximum atomic E-state index is 12.8. The van der Waals surface area contributed by atoms with E-state index in [4.69, 9.17) is 11.6 Å². The Bertz CT molecular complexity index is 451. The molecule has 0 amide bonds. The molecule has 0 aromatic carbocycles. The van der Waals surface area contributed by atoms with Gasteiger partial charge in [-0.2, -0.15) is 9.37 Å². The van der Waals surface area contributed by atoms with E-state index < -0.39 is 40.2 Å². The lowest BCUT2D eigenvalue weighted by Crippen LogP contribution is -2.19. The Hall–Kier alpha value is -1.64. The molecule has 0 atom stereocenters. The van der Waals surface area contributed by atoms with Crippen LogP contribution < -0.4 is 4.74 Å². The molecule has 0 saturated carbocycles. The molecule has 94 valence electrons. The number of aromatic nitrogens is 1. The predicted octanol–water partition coefficient (Wildman–Crippen LogP) is 2.77. The van der Waals surface area contributed by atoms with Crippen molar-refractivity contribution in [1.82, 2.24) is 4.98 Å². The molecule has 1 rings (SSSR count). The zero-order valence-electron chi connectivity index (χ0n) is 7.79. The second-order valence-corrected chi connectivity index (χ2v) is 2.95. The fraction of sp³-hybridized carbons (Fsp3) is 0.286. The first kappa shape index (κ1) is 13.4. The maximum Gasteiger partial charge on any atom is 0.574 e. The lowest BCUT2D eigenvalue weighted by Gasteiger charge is -2.10. The van der Waals surface area contributed by atoms with Gasteiger partial charge in [0.05, 0.1) is 16.9 Å². The highest BCUT2D eigenvalue weighted by Crippen LogP contribution is 2.32. The van der Waals surface area contributed by atoms with E-state index in [0.717, 1.165) is 0 Å². The highest BCUT2D eigenvalue weighted by atomic mass is 35.5. The number of nitro groups is 1. The van der Waals surface area contributed by atoms with Gasteiger partial charge in [-0.15, -0.1) is 24.8 Å². The molecule has 1 heterocycles. The second-order valence-electron chi connectivity index (χ2n) is 2.69. The van der Waals surface area contributed by atoms with Crippen LogP contribution in [0.15, 0.2) is 6.07 Å². The molecule has 0 unspecified atom stereocenters. The fourth-order valence-corrected chi connectivity index (χ4v) is 1.24. The Morgan fingerprint density at radius 1 is 1.53 bits per heavy atom. The van der Waals surface area contributed by atoms with Crippen molar-refractivity contribution in [2.24, 2.45) is 0 Å². The Balaban J connectivity index is 3.33. The van der Waals surface area contributed by atoms with Gasteiger partial charge in [-0.1, -0.05) is 0 Å². The van der Waals surface area contributed by atoms with Gasteiger partial charge in [0.25, 0.3) is 5.69 Å². The average Bonchev–Trinajstić information content (AvgIpc) is 2.14. The van der Waals surface area contributed by atoms with Crippen molar-refractivity contribution in [3.05, 3.63) is 27.7 Å². The molecule has 1 aromatic rings. The Labute approximate surface area is 96.1 Å². The van der Waals surface area contributed by atoms with Gasteiger partial charge in [0, 0.05) is 0 Å². The molecular formula is C7H3ClF4N2O3. The molecule has 0 aliphatic carbocycles. The molecule has 0 radical (unpaired) electrons. The third-order valence-corrected chi connectivity index (χ3v) is 1.84. The summed E-state index contributed by atoms with van der Waals surface area (Å²) in [5, 5.41) is 10.5. The Kier molecular flexibility index (Phi) is 3.71. The van der Waals surface area contributed by atoms with E-state index in [2.05, 4.69) is 9.72 Å². The van der Waals surface area contributed by atoms with E-state index in [0.29, 0.717) is 6.07 Å². The van der Waals surface area contributed by atoms with E-state index in [1.54, 1.807) is 0 Å². The van der Waals surface area contributed by atoms with Crippen molar-refractivity contribution in [3.63, 3.8) is 0 Å². The van der Waals surface area contributed by atoms with Gasteiger partial charge < -0.3 is 4.74 Å². The molecule has 0 saturated heterocycles. The number of hydrogen-bond acceptors (Lipinski definition) is 4. The summed E-state index contributed by atoms with van der Waals surface area (Å²) in [5.74, 6) is -3.40. The number of nitrogens with zero attached hydrogens (tertiary/aromatic N) is 2. The summed E-state index contributed by atoms with van der Waals surface area (Å²) >= 11 is 5.25. The van der Waals surface area contributed by atoms with Crippen LogP contribution in [-0.2, 0) is 5.88 Å². The average molecular weight is 275 g/mol. The molecule has 0 aliphatic rings. The number of pyridine rings is 1. The normalized spacial score (nSPS) is 11.4. The lowest BCUT2D eigenvalue weighted by molar-refractivity contribution is -0.386. The SMILES string of the molecule is O=[N+]([O-])c1cc(F)nc(OC(F)(F)F)c1CCl. The van der Waals surface area contributed by atoms with Crippen LogP contribution in [0.4, 0.5) is 23.2 Å². The van der Waals surface area contributed by atoms with Crippen LogP contribution in [0.2, 0.25) is 0 Å². The van der Waals surface area contributed by atoms with E-state index in [1.165, 1.54) is 0 Å². The van der Waals surface area contributed by atoms with Crippen molar-refractivity contribution in [2.75, 3.05) is 0 Å². The number of alkyl halides is 4. The largest absolute Gasteiger partial charge is 0.574 e. The van der Waals surface area contributed by atoms with Crippen LogP contribution in [0, 0.1) is 16.1 Å². The summed E-state index contributed by atoms with van der Waals surface area (Å²) in [5.41, 5.74) is -1.57. The number of rotatable bonds is 3. The van der Waals surface area contributed by atoms with Crippen LogP contribution in [0.3, 0.4) is 0 Å². The zero-order chi connectivity index (χ0) is 13.2. The van der Waals surface area contributed by atoms with Crippen LogP contribution in [0.25, 0.3) is 0 Å². The van der Waals surface area contributed by atoms with Gasteiger partial charge in [-0.3, -0.25) is 10.1 Å². The maximum absolute atomic E-state index is 12.8. The standard InChI is InChI=1S/C7H3ClF4N2O3/c8-2-3-4(14(15)16)1-5(9)13-6(3)17-7(10,11)12/h1H,2H2. The summed E-state index contributed by atoms with van der Waals surface area (Å²) in [7, 11) is 0. The highest BCUT2D eigenvalue weighted by molar-refractivity contribution is 6.17. The van der Waals surface area contributed by atoms with Crippen molar-refractivity contribution < 1.29 is 27.2 Å². The summed E-state index contributed by atoms with van der Waals surface area (Å²) < 4.78 is 51.9. The van der Waals surface area contributed by atoms with E-state index in [1.807, 2.05) is 0 Å². The van der Waals surface area contributed by atoms with Gasteiger partial charge in [0.2, 0.25) is 11.8 Å². The predicted molar refractivity (Wildman–Crippen MR) is 47.1 cm³/mol. The van der Waals surface area contributed by atoms with Gasteiger partial charge in [0.15, 0.2) is 0 Å². The Morgan fingerprint density at radius 2 is 2.12 bits per heavy atom. The topological polar surface area (TPSA) is 65.3 Å². The van der Waals surface area contributed by atoms with Crippen LogP contribution >= 0.6 is 11.6 Å². The minimum atomic E-state index is -5.14. The monoisotopic (exact) mass is 274 g/mol. The molecule has 0 fully saturated rings. The summed E-state index contributed by atoms with van der Waals surface area (Å²) in [6.07, 6.45) is -5.14. The fourth-order valence-electron chi connectivity index (χ4n) is 0.989. The highest BCUT2D eigenvalue weighted by Gasteiger charge is 2.35. The Morgan fingerprint density at radius 3 is 2.53 bits per heavy atom. The molecule has 5 nitrogen and oxygen atoms in total. The van der Waals surface area contributed by atoms with Gasteiger partial charge in [-0.05, 0) is 0 Å². The molecule has 0 aliphatic heterocycles. The molecular weight excluding hydrogens is 272 g/mol. The molecule has 0 bridgehead atoms. The zero-order valence-corrected chi connectivity index (χ0v) is 8.55. The second kappa shape index (κ2) is 4.70. The lowest BCUT2D eigenvalue weighted by atomic mass is 10.2. The minimum absolute atomic E-state index is 0.362. The molecule has 17 heavy (non-hydrogen) atoms. The van der Waals surface area contributed by atoms with Crippen LogP contribution in [0.5, 0.6) is 5.88 Å². The van der Waals surface area contributed by atoms with E-state index in [9.17, 15) is 27.7 Å². The summed E-state index contributed by atoms with van der Waals surface area (Å²) in [6.45, 7) is 0. The molecule has 0 N–H and O–H groups in total. The van der Waals surface area contributed by atoms with E-state index in [-0.39, 0.29) is 0 Å². The minimum Gasteiger partial charge on any atom is -0.387 e. The first-order valence-corrected chi connectivity index (χ1v) is 4.43. The first-order valence-electron chi connectivity index (χ1n) is 3.90. The van der Waals surface area contributed by atoms with Crippen LogP contribution in [-0.4, -0.2) is 16.3 Å². The van der Waals surface area contributed by atoms with Gasteiger partial charge >= 0.3 is 6.36 Å².